The summed E-state index contributed by atoms with van der Waals surface area (Å²) in [6, 6.07) is 4.29. The lowest BCUT2D eigenvalue weighted by Gasteiger charge is -2.32. The second-order valence-electron chi connectivity index (χ2n) is 6.74. The first kappa shape index (κ1) is 20.4. The van der Waals surface area contributed by atoms with E-state index in [1.165, 1.54) is 25.1 Å². The molecule has 8 heteroatoms. The van der Waals surface area contributed by atoms with E-state index in [0.29, 0.717) is 11.6 Å². The van der Waals surface area contributed by atoms with Gasteiger partial charge in [-0.15, -0.1) is 6.58 Å². The molecule has 0 bridgehead atoms. The van der Waals surface area contributed by atoms with Crippen molar-refractivity contribution in [3.05, 3.63) is 46.5 Å². The minimum absolute atomic E-state index is 0.0406. The first-order valence-electron chi connectivity index (χ1n) is 8.96. The number of amides is 1. The van der Waals surface area contributed by atoms with Crippen LogP contribution in [0.4, 0.5) is 11.4 Å². The number of nitro benzene ring substituents is 1. The van der Waals surface area contributed by atoms with E-state index in [9.17, 15) is 19.7 Å². The predicted molar refractivity (Wildman–Crippen MR) is 102 cm³/mol. The van der Waals surface area contributed by atoms with Crippen molar-refractivity contribution in [2.45, 2.75) is 32.8 Å². The average molecular weight is 375 g/mol. The summed E-state index contributed by atoms with van der Waals surface area (Å²) in [7, 11) is 0. The number of hydrogen-bond acceptors (Lipinski definition) is 6. The van der Waals surface area contributed by atoms with Gasteiger partial charge in [-0.05, 0) is 37.8 Å². The van der Waals surface area contributed by atoms with Gasteiger partial charge >= 0.3 is 5.97 Å². The van der Waals surface area contributed by atoms with Crippen LogP contribution >= 0.6 is 0 Å². The molecule has 1 heterocycles. The van der Waals surface area contributed by atoms with Crippen LogP contribution in [-0.2, 0) is 9.53 Å². The van der Waals surface area contributed by atoms with Crippen LogP contribution < -0.4 is 10.2 Å². The zero-order valence-corrected chi connectivity index (χ0v) is 15.6. The van der Waals surface area contributed by atoms with Crippen molar-refractivity contribution in [3.63, 3.8) is 0 Å². The summed E-state index contributed by atoms with van der Waals surface area (Å²) in [5.74, 6) is -0.785. The van der Waals surface area contributed by atoms with Crippen molar-refractivity contribution in [1.82, 2.24) is 5.32 Å². The van der Waals surface area contributed by atoms with E-state index >= 15 is 0 Å². The third kappa shape index (κ3) is 5.29. The number of ether oxygens (including phenoxy) is 1. The summed E-state index contributed by atoms with van der Waals surface area (Å²) < 4.78 is 5.11. The maximum absolute atomic E-state index is 12.3. The molecule has 0 aromatic heterocycles. The summed E-state index contributed by atoms with van der Waals surface area (Å²) in [4.78, 5) is 37.1. The highest BCUT2D eigenvalue weighted by atomic mass is 16.6. The first-order chi connectivity index (χ1) is 12.8. The molecule has 0 spiro atoms. The third-order valence-corrected chi connectivity index (χ3v) is 4.48. The lowest BCUT2D eigenvalue weighted by molar-refractivity contribution is -0.384. The summed E-state index contributed by atoms with van der Waals surface area (Å²) in [6.07, 6.45) is 2.56. The number of piperidine rings is 1. The van der Waals surface area contributed by atoms with Crippen molar-refractivity contribution in [2.75, 3.05) is 24.5 Å². The van der Waals surface area contributed by atoms with E-state index in [-0.39, 0.29) is 17.8 Å². The Morgan fingerprint density at radius 2 is 2.26 bits per heavy atom. The molecule has 146 valence electrons. The molecule has 1 aliphatic heterocycles. The number of benzene rings is 1. The minimum Gasteiger partial charge on any atom is -0.449 e. The van der Waals surface area contributed by atoms with E-state index in [1.54, 1.807) is 6.07 Å². The van der Waals surface area contributed by atoms with E-state index in [4.69, 9.17) is 4.74 Å². The SMILES string of the molecule is C=CCNC(=O)[C@@H](C)OC(=O)c1ccc(N2CCC[C@H](C)C2)c([N+](=O)[O-])c1. The van der Waals surface area contributed by atoms with E-state index < -0.39 is 22.9 Å². The highest BCUT2D eigenvalue weighted by Gasteiger charge is 2.26. The number of carbonyl (C=O) groups is 2. The number of hydrogen-bond donors (Lipinski definition) is 1. The molecule has 27 heavy (non-hydrogen) atoms. The van der Waals surface area contributed by atoms with Gasteiger partial charge in [0.15, 0.2) is 6.10 Å². The van der Waals surface area contributed by atoms with Crippen LogP contribution in [0.25, 0.3) is 0 Å². The largest absolute Gasteiger partial charge is 0.449 e. The van der Waals surface area contributed by atoms with Crippen LogP contribution in [0.3, 0.4) is 0 Å². The number of nitrogens with zero attached hydrogens (tertiary/aromatic N) is 2. The Morgan fingerprint density at radius 3 is 2.89 bits per heavy atom. The maximum Gasteiger partial charge on any atom is 0.339 e. The summed E-state index contributed by atoms with van der Waals surface area (Å²) >= 11 is 0. The van der Waals surface area contributed by atoms with Gasteiger partial charge in [-0.2, -0.15) is 0 Å². The van der Waals surface area contributed by atoms with Gasteiger partial charge in [0.05, 0.1) is 10.5 Å². The normalized spacial score (nSPS) is 17.7. The first-order valence-corrected chi connectivity index (χ1v) is 8.96. The summed E-state index contributed by atoms with van der Waals surface area (Å²) in [5.41, 5.74) is 0.404. The zero-order valence-electron chi connectivity index (χ0n) is 15.6. The maximum atomic E-state index is 12.3. The van der Waals surface area contributed by atoms with Crippen molar-refractivity contribution < 1.29 is 19.2 Å². The molecule has 1 fully saturated rings. The second kappa shape index (κ2) is 9.16. The number of nitrogens with one attached hydrogen (secondary N) is 1. The van der Waals surface area contributed by atoms with Crippen molar-refractivity contribution in [3.8, 4) is 0 Å². The van der Waals surface area contributed by atoms with Gasteiger partial charge in [-0.25, -0.2) is 4.79 Å². The van der Waals surface area contributed by atoms with Crippen LogP contribution in [0.1, 0.15) is 37.0 Å². The fourth-order valence-electron chi connectivity index (χ4n) is 3.07. The third-order valence-electron chi connectivity index (χ3n) is 4.48. The molecule has 1 aromatic carbocycles. The summed E-state index contributed by atoms with van der Waals surface area (Å²) in [6.45, 7) is 8.79. The Kier molecular flexibility index (Phi) is 6.92. The van der Waals surface area contributed by atoms with Gasteiger partial charge in [0.25, 0.3) is 11.6 Å². The van der Waals surface area contributed by atoms with E-state index in [0.717, 1.165) is 25.9 Å². The quantitative estimate of drug-likeness (QED) is 0.340. The topological polar surface area (TPSA) is 102 Å². The fourth-order valence-corrected chi connectivity index (χ4v) is 3.07. The summed E-state index contributed by atoms with van der Waals surface area (Å²) in [5, 5.41) is 14.0. The number of nitro groups is 1. The monoisotopic (exact) mass is 375 g/mol. The van der Waals surface area contributed by atoms with Gasteiger partial charge in [-0.3, -0.25) is 14.9 Å². The molecule has 0 unspecified atom stereocenters. The van der Waals surface area contributed by atoms with Crippen LogP contribution in [0.15, 0.2) is 30.9 Å². The molecular formula is C19H25N3O5. The van der Waals surface area contributed by atoms with Crippen LogP contribution in [0.5, 0.6) is 0 Å². The van der Waals surface area contributed by atoms with Crippen molar-refractivity contribution in [2.24, 2.45) is 5.92 Å². The molecule has 0 saturated carbocycles. The molecule has 0 aliphatic carbocycles. The number of esters is 1. The Hall–Kier alpha value is -2.90. The lowest BCUT2D eigenvalue weighted by Crippen LogP contribution is -2.36. The highest BCUT2D eigenvalue weighted by molar-refractivity contribution is 5.93. The molecule has 1 aromatic rings. The van der Waals surface area contributed by atoms with Crippen LogP contribution in [-0.4, -0.2) is 42.5 Å². The Morgan fingerprint density at radius 1 is 1.52 bits per heavy atom. The standard InChI is InChI=1S/C19H25N3O5/c1-4-9-20-18(23)14(3)27-19(24)15-7-8-16(17(11-15)22(25)26)21-10-5-6-13(2)12-21/h4,7-8,11,13-14H,1,5-6,9-10,12H2,2-3H3,(H,20,23)/t13-,14+/m0/s1. The lowest BCUT2D eigenvalue weighted by atomic mass is 9.99. The van der Waals surface area contributed by atoms with Crippen molar-refractivity contribution >= 4 is 23.3 Å². The molecule has 2 rings (SSSR count). The molecule has 1 amide bonds. The number of anilines is 1. The second-order valence-corrected chi connectivity index (χ2v) is 6.74. The van der Waals surface area contributed by atoms with Gasteiger partial charge in [0.1, 0.15) is 5.69 Å². The number of rotatable bonds is 7. The molecule has 1 saturated heterocycles. The van der Waals surface area contributed by atoms with E-state index in [2.05, 4.69) is 18.8 Å². The predicted octanol–water partition coefficient (Wildman–Crippen LogP) is 2.68. The zero-order chi connectivity index (χ0) is 20.0. The molecule has 1 N–H and O–H groups in total. The molecule has 8 nitrogen and oxygen atoms in total. The molecule has 2 atom stereocenters. The van der Waals surface area contributed by atoms with E-state index in [1.807, 2.05) is 4.90 Å². The molecule has 0 radical (unpaired) electrons. The molecular weight excluding hydrogens is 350 g/mol. The number of carbonyl (C=O) groups excluding carboxylic acids is 2. The molecule has 1 aliphatic rings. The van der Waals surface area contributed by atoms with Gasteiger partial charge in [-0.1, -0.05) is 13.0 Å². The smallest absolute Gasteiger partial charge is 0.339 e. The van der Waals surface area contributed by atoms with Gasteiger partial charge in [0, 0.05) is 25.7 Å². The minimum atomic E-state index is -1.01. The van der Waals surface area contributed by atoms with Crippen molar-refractivity contribution in [1.29, 1.82) is 0 Å². The average Bonchev–Trinajstić information content (AvgIpc) is 2.65. The van der Waals surface area contributed by atoms with Crippen LogP contribution in [0, 0.1) is 16.0 Å². The highest BCUT2D eigenvalue weighted by Crippen LogP contribution is 2.32. The van der Waals surface area contributed by atoms with Crippen LogP contribution in [0.2, 0.25) is 0 Å². The van der Waals surface area contributed by atoms with Gasteiger partial charge < -0.3 is 15.0 Å². The Labute approximate surface area is 158 Å². The van der Waals surface area contributed by atoms with Gasteiger partial charge in [0.2, 0.25) is 0 Å². The fraction of sp³-hybridized carbons (Fsp3) is 0.474. The Bertz CT molecular complexity index is 734. The Balaban J connectivity index is 2.17.